The fraction of sp³-hybridized carbons (Fsp3) is 0.364. The fourth-order valence-electron chi connectivity index (χ4n) is 6.34. The minimum Gasteiger partial charge on any atom is -0.333 e. The molecule has 2 aromatic carbocycles. The van der Waals surface area contributed by atoms with E-state index in [4.69, 9.17) is 4.98 Å². The van der Waals surface area contributed by atoms with Crippen LogP contribution in [0.3, 0.4) is 0 Å². The van der Waals surface area contributed by atoms with Crippen molar-refractivity contribution in [2.45, 2.75) is 56.5 Å². The van der Waals surface area contributed by atoms with Crippen LogP contribution in [0.4, 0.5) is 0 Å². The molecule has 1 aliphatic carbocycles. The predicted octanol–water partition coefficient (Wildman–Crippen LogP) is 4.92. The van der Waals surface area contributed by atoms with Crippen LogP contribution in [-0.2, 0) is 14.8 Å². The molecule has 6 rings (SSSR count). The number of benzene rings is 2. The third-order valence-corrected chi connectivity index (χ3v) is 9.98. The summed E-state index contributed by atoms with van der Waals surface area (Å²) in [6.45, 7) is 6.14. The summed E-state index contributed by atoms with van der Waals surface area (Å²) < 4.78 is 29.6. The number of amides is 1. The zero-order valence-electron chi connectivity index (χ0n) is 24.1. The van der Waals surface area contributed by atoms with Gasteiger partial charge in [0.1, 0.15) is 0 Å². The fourth-order valence-corrected chi connectivity index (χ4v) is 7.68. The summed E-state index contributed by atoms with van der Waals surface area (Å²) in [4.78, 5) is 25.0. The quantitative estimate of drug-likeness (QED) is 0.334. The van der Waals surface area contributed by atoms with Crippen molar-refractivity contribution >= 4 is 26.8 Å². The first-order valence-electron chi connectivity index (χ1n) is 14.7. The molecule has 9 heteroatoms. The van der Waals surface area contributed by atoms with Crippen LogP contribution in [0, 0.1) is 19.8 Å². The Morgan fingerprint density at radius 1 is 0.905 bits per heavy atom. The summed E-state index contributed by atoms with van der Waals surface area (Å²) in [5.74, 6) is 0.106. The summed E-state index contributed by atoms with van der Waals surface area (Å²) in [5, 5.41) is 4.18. The molecule has 1 atom stereocenters. The van der Waals surface area contributed by atoms with E-state index in [-0.39, 0.29) is 28.8 Å². The first kappa shape index (κ1) is 28.5. The van der Waals surface area contributed by atoms with E-state index in [1.807, 2.05) is 61.2 Å². The molecule has 42 heavy (non-hydrogen) atoms. The van der Waals surface area contributed by atoms with Gasteiger partial charge in [0, 0.05) is 53.9 Å². The lowest BCUT2D eigenvalue weighted by molar-refractivity contribution is -0.140. The molecule has 3 heterocycles. The van der Waals surface area contributed by atoms with Crippen LogP contribution < -0.4 is 10.0 Å². The van der Waals surface area contributed by atoms with Gasteiger partial charge in [-0.15, -0.1) is 0 Å². The van der Waals surface area contributed by atoms with E-state index in [9.17, 15) is 13.2 Å². The number of nitrogens with one attached hydrogen (secondary N) is 2. The number of hydrogen-bond donors (Lipinski definition) is 2. The minimum absolute atomic E-state index is 0.0279. The second kappa shape index (κ2) is 11.9. The molecule has 2 fully saturated rings. The standard InChI is InChI=1S/C33H37N5O3S/c1-22-18-27(19-23(2)35-22)31-14-10-26-20-29(13-15-30(26)36-31)42(40,41)37-28-11-8-25(9-12-28)33(39)38-17-16-34-21-32(38)24-6-4-3-5-7-24/h3-7,10,13-15,18-20,25,28,32,34,37H,8-9,11-12,16-17,21H2,1-2H3/t25?,28?,32-/m0/s1. The molecule has 2 N–H and O–H groups in total. The van der Waals surface area contributed by atoms with Gasteiger partial charge in [-0.05, 0) is 81.5 Å². The van der Waals surface area contributed by atoms with Crippen molar-refractivity contribution in [2.24, 2.45) is 5.92 Å². The molecule has 8 nitrogen and oxygen atoms in total. The summed E-state index contributed by atoms with van der Waals surface area (Å²) in [5.41, 5.74) is 5.55. The average molecular weight is 584 g/mol. The Kier molecular flexibility index (Phi) is 8.07. The van der Waals surface area contributed by atoms with Crippen molar-refractivity contribution in [1.29, 1.82) is 0 Å². The number of aromatic nitrogens is 2. The number of piperazine rings is 1. The molecule has 4 aromatic rings. The largest absolute Gasteiger partial charge is 0.333 e. The molecule has 2 aromatic heterocycles. The topological polar surface area (TPSA) is 104 Å². The third-order valence-electron chi connectivity index (χ3n) is 8.46. The summed E-state index contributed by atoms with van der Waals surface area (Å²) in [6, 6.07) is 22.9. The maximum Gasteiger partial charge on any atom is 0.240 e. The maximum atomic E-state index is 13.6. The molecule has 0 bridgehead atoms. The van der Waals surface area contributed by atoms with Crippen LogP contribution in [0.5, 0.6) is 0 Å². The van der Waals surface area contributed by atoms with Crippen molar-refractivity contribution in [1.82, 2.24) is 24.9 Å². The maximum absolute atomic E-state index is 13.6. The highest BCUT2D eigenvalue weighted by atomic mass is 32.2. The molecule has 1 aliphatic heterocycles. The molecule has 218 valence electrons. The number of nitrogens with zero attached hydrogens (tertiary/aromatic N) is 3. The van der Waals surface area contributed by atoms with Crippen LogP contribution in [0.25, 0.3) is 22.2 Å². The van der Waals surface area contributed by atoms with Gasteiger partial charge in [0.2, 0.25) is 15.9 Å². The molecule has 1 amide bonds. The number of rotatable bonds is 6. The molecule has 2 aliphatic rings. The number of carbonyl (C=O) groups is 1. The normalized spacial score (nSPS) is 21.4. The van der Waals surface area contributed by atoms with E-state index in [1.54, 1.807) is 18.2 Å². The number of hydrogen-bond acceptors (Lipinski definition) is 6. The van der Waals surface area contributed by atoms with E-state index < -0.39 is 10.0 Å². The lowest BCUT2D eigenvalue weighted by atomic mass is 9.85. The van der Waals surface area contributed by atoms with Gasteiger partial charge in [-0.2, -0.15) is 0 Å². The van der Waals surface area contributed by atoms with Crippen LogP contribution >= 0.6 is 0 Å². The highest BCUT2D eigenvalue weighted by Crippen LogP contribution is 2.31. The zero-order valence-corrected chi connectivity index (χ0v) is 24.9. The van der Waals surface area contributed by atoms with Gasteiger partial charge in [0.15, 0.2) is 0 Å². The molecule has 0 unspecified atom stereocenters. The number of fused-ring (bicyclic) bond motifs is 1. The first-order chi connectivity index (χ1) is 20.3. The highest BCUT2D eigenvalue weighted by Gasteiger charge is 2.35. The zero-order chi connectivity index (χ0) is 29.3. The SMILES string of the molecule is Cc1cc(-c2ccc3cc(S(=O)(=O)NC4CCC(C(=O)N5CCNC[C@H]5c5ccccc5)CC4)ccc3n2)cc(C)n1. The first-order valence-corrected chi connectivity index (χ1v) is 16.2. The number of carbonyl (C=O) groups excluding carboxylic acids is 1. The average Bonchev–Trinajstić information content (AvgIpc) is 3.00. The van der Waals surface area contributed by atoms with E-state index in [2.05, 4.69) is 27.2 Å². The van der Waals surface area contributed by atoms with Crippen LogP contribution in [0.2, 0.25) is 0 Å². The third kappa shape index (κ3) is 6.09. The Morgan fingerprint density at radius 2 is 1.64 bits per heavy atom. The van der Waals surface area contributed by atoms with E-state index in [1.165, 1.54) is 0 Å². The smallest absolute Gasteiger partial charge is 0.240 e. The number of aryl methyl sites for hydroxylation is 2. The Labute approximate surface area is 247 Å². The second-order valence-corrected chi connectivity index (χ2v) is 13.2. The van der Waals surface area contributed by atoms with Gasteiger partial charge in [-0.3, -0.25) is 9.78 Å². The van der Waals surface area contributed by atoms with Gasteiger partial charge in [-0.1, -0.05) is 36.4 Å². The lowest BCUT2D eigenvalue weighted by Crippen LogP contribution is -2.51. The van der Waals surface area contributed by atoms with Gasteiger partial charge in [0.25, 0.3) is 0 Å². The molecular weight excluding hydrogens is 546 g/mol. The Morgan fingerprint density at radius 3 is 2.38 bits per heavy atom. The Bertz CT molecular complexity index is 1680. The molecular formula is C33H37N5O3S. The number of pyridine rings is 2. The summed E-state index contributed by atoms with van der Waals surface area (Å²) in [7, 11) is -3.72. The number of sulfonamides is 1. The van der Waals surface area contributed by atoms with E-state index >= 15 is 0 Å². The highest BCUT2D eigenvalue weighted by molar-refractivity contribution is 7.89. The Balaban J connectivity index is 1.10. The van der Waals surface area contributed by atoms with Gasteiger partial charge in [0.05, 0.1) is 22.1 Å². The Hall–Kier alpha value is -3.66. The van der Waals surface area contributed by atoms with Crippen molar-refractivity contribution in [3.63, 3.8) is 0 Å². The predicted molar refractivity (Wildman–Crippen MR) is 164 cm³/mol. The molecule has 0 radical (unpaired) electrons. The lowest BCUT2D eigenvalue weighted by Gasteiger charge is -2.40. The van der Waals surface area contributed by atoms with Crippen molar-refractivity contribution in [2.75, 3.05) is 19.6 Å². The summed E-state index contributed by atoms with van der Waals surface area (Å²) >= 11 is 0. The molecule has 0 spiro atoms. The van der Waals surface area contributed by atoms with Crippen molar-refractivity contribution in [3.05, 3.63) is 89.7 Å². The van der Waals surface area contributed by atoms with Gasteiger partial charge >= 0.3 is 0 Å². The molecule has 1 saturated carbocycles. The molecule has 1 saturated heterocycles. The summed E-state index contributed by atoms with van der Waals surface area (Å²) in [6.07, 6.45) is 2.63. The second-order valence-electron chi connectivity index (χ2n) is 11.5. The van der Waals surface area contributed by atoms with E-state index in [0.717, 1.165) is 52.2 Å². The van der Waals surface area contributed by atoms with Crippen molar-refractivity contribution in [3.8, 4) is 11.3 Å². The van der Waals surface area contributed by atoms with Crippen LogP contribution in [0.15, 0.2) is 77.7 Å². The minimum atomic E-state index is -3.72. The van der Waals surface area contributed by atoms with Gasteiger partial charge in [-0.25, -0.2) is 18.1 Å². The van der Waals surface area contributed by atoms with Crippen LogP contribution in [0.1, 0.15) is 48.7 Å². The monoisotopic (exact) mass is 583 g/mol. The van der Waals surface area contributed by atoms with E-state index in [0.29, 0.717) is 32.2 Å². The van der Waals surface area contributed by atoms with Crippen molar-refractivity contribution < 1.29 is 13.2 Å². The van der Waals surface area contributed by atoms with Gasteiger partial charge < -0.3 is 10.2 Å². The van der Waals surface area contributed by atoms with Crippen LogP contribution in [-0.4, -0.2) is 54.9 Å².